The minimum Gasteiger partial charge on any atom is -0.481 e. The number of hydrogen-bond acceptors (Lipinski definition) is 4. The van der Waals surface area contributed by atoms with Crippen molar-refractivity contribution in [2.75, 3.05) is 19.0 Å². The summed E-state index contributed by atoms with van der Waals surface area (Å²) in [5.74, 6) is 0.939. The van der Waals surface area contributed by atoms with Crippen molar-refractivity contribution in [3.05, 3.63) is 18.3 Å². The van der Waals surface area contributed by atoms with Gasteiger partial charge in [0, 0.05) is 18.0 Å². The van der Waals surface area contributed by atoms with Crippen LogP contribution in [0.25, 0.3) is 0 Å². The van der Waals surface area contributed by atoms with Gasteiger partial charge in [0.25, 0.3) is 0 Å². The summed E-state index contributed by atoms with van der Waals surface area (Å²) in [6, 6.07) is 3.72. The number of aliphatic hydroxyl groups is 1. The molecule has 0 unspecified atom stereocenters. The van der Waals surface area contributed by atoms with E-state index < -0.39 is 0 Å². The third-order valence-electron chi connectivity index (χ3n) is 2.30. The molecule has 0 aliphatic carbocycles. The zero-order chi connectivity index (χ0) is 11.3. The molecule has 84 valence electrons. The Kier molecular flexibility index (Phi) is 4.37. The molecule has 0 amide bonds. The van der Waals surface area contributed by atoms with E-state index in [0.717, 1.165) is 5.69 Å². The van der Waals surface area contributed by atoms with Crippen LogP contribution in [0, 0.1) is 5.92 Å². The first kappa shape index (κ1) is 11.8. The molecule has 1 aromatic heterocycles. The molecule has 0 aromatic carbocycles. The van der Waals surface area contributed by atoms with Crippen molar-refractivity contribution in [2.45, 2.75) is 19.9 Å². The van der Waals surface area contributed by atoms with Gasteiger partial charge in [0.2, 0.25) is 5.88 Å². The summed E-state index contributed by atoms with van der Waals surface area (Å²) in [5, 5.41) is 12.4. The molecule has 0 saturated carbocycles. The summed E-state index contributed by atoms with van der Waals surface area (Å²) in [5.41, 5.74) is 0.912. The van der Waals surface area contributed by atoms with Crippen LogP contribution in [0.4, 0.5) is 5.69 Å². The standard InChI is InChI=1S/C11H18N2O2/c1-8(2)10(7-14)13-9-4-5-12-11(6-9)15-3/h4-6,8,10,14H,7H2,1-3H3,(H,12,13)/t10-/m1/s1. The van der Waals surface area contributed by atoms with Crippen LogP contribution >= 0.6 is 0 Å². The first-order chi connectivity index (χ1) is 7.17. The minimum atomic E-state index is 0.0529. The Hall–Kier alpha value is -1.29. The number of nitrogens with zero attached hydrogens (tertiary/aromatic N) is 1. The molecule has 2 N–H and O–H groups in total. The van der Waals surface area contributed by atoms with Crippen molar-refractivity contribution in [2.24, 2.45) is 5.92 Å². The fourth-order valence-corrected chi connectivity index (χ4v) is 1.25. The van der Waals surface area contributed by atoms with Crippen molar-refractivity contribution in [3.8, 4) is 5.88 Å². The SMILES string of the molecule is COc1cc(N[C@H](CO)C(C)C)ccn1. The molecular formula is C11H18N2O2. The van der Waals surface area contributed by atoms with Gasteiger partial charge in [0.05, 0.1) is 19.8 Å². The van der Waals surface area contributed by atoms with E-state index in [9.17, 15) is 5.11 Å². The molecule has 0 saturated heterocycles. The number of methoxy groups -OCH3 is 1. The lowest BCUT2D eigenvalue weighted by Gasteiger charge is -2.21. The van der Waals surface area contributed by atoms with E-state index in [0.29, 0.717) is 11.8 Å². The topological polar surface area (TPSA) is 54.4 Å². The van der Waals surface area contributed by atoms with Gasteiger partial charge in [-0.2, -0.15) is 0 Å². The highest BCUT2D eigenvalue weighted by Gasteiger charge is 2.11. The molecule has 0 radical (unpaired) electrons. The average Bonchev–Trinajstić information content (AvgIpc) is 2.25. The zero-order valence-electron chi connectivity index (χ0n) is 9.40. The van der Waals surface area contributed by atoms with E-state index in [1.165, 1.54) is 0 Å². The van der Waals surface area contributed by atoms with Gasteiger partial charge >= 0.3 is 0 Å². The molecule has 4 nitrogen and oxygen atoms in total. The fraction of sp³-hybridized carbons (Fsp3) is 0.545. The Balaban J connectivity index is 2.70. The molecule has 4 heteroatoms. The maximum absolute atomic E-state index is 9.17. The van der Waals surface area contributed by atoms with Gasteiger partial charge in [-0.05, 0) is 12.0 Å². The van der Waals surface area contributed by atoms with Crippen LogP contribution in [0.15, 0.2) is 18.3 Å². The molecule has 0 aliphatic heterocycles. The second-order valence-corrected chi connectivity index (χ2v) is 3.76. The summed E-state index contributed by atoms with van der Waals surface area (Å²) in [7, 11) is 1.58. The molecule has 15 heavy (non-hydrogen) atoms. The quantitative estimate of drug-likeness (QED) is 0.773. The molecule has 1 heterocycles. The summed E-state index contributed by atoms with van der Waals surface area (Å²) >= 11 is 0. The Morgan fingerprint density at radius 1 is 1.53 bits per heavy atom. The predicted octanol–water partition coefficient (Wildman–Crippen LogP) is 1.52. The molecule has 0 fully saturated rings. The smallest absolute Gasteiger partial charge is 0.214 e. The summed E-state index contributed by atoms with van der Waals surface area (Å²) in [6.07, 6.45) is 1.68. The van der Waals surface area contributed by atoms with Gasteiger partial charge in [0.15, 0.2) is 0 Å². The van der Waals surface area contributed by atoms with Crippen LogP contribution in [-0.4, -0.2) is 29.8 Å². The molecule has 0 spiro atoms. The zero-order valence-corrected chi connectivity index (χ0v) is 9.40. The molecule has 1 atom stereocenters. The van der Waals surface area contributed by atoms with Crippen molar-refractivity contribution in [1.29, 1.82) is 0 Å². The minimum absolute atomic E-state index is 0.0529. The normalized spacial score (nSPS) is 12.6. The van der Waals surface area contributed by atoms with Gasteiger partial charge in [0.1, 0.15) is 0 Å². The van der Waals surface area contributed by atoms with Crippen LogP contribution < -0.4 is 10.1 Å². The number of aliphatic hydroxyl groups excluding tert-OH is 1. The van der Waals surface area contributed by atoms with Gasteiger partial charge < -0.3 is 15.2 Å². The molecule has 1 rings (SSSR count). The van der Waals surface area contributed by atoms with Crippen LogP contribution in [0.5, 0.6) is 5.88 Å². The predicted molar refractivity (Wildman–Crippen MR) is 60.1 cm³/mol. The number of nitrogens with one attached hydrogen (secondary N) is 1. The average molecular weight is 210 g/mol. The molecule has 1 aromatic rings. The Morgan fingerprint density at radius 3 is 2.80 bits per heavy atom. The fourth-order valence-electron chi connectivity index (χ4n) is 1.25. The van der Waals surface area contributed by atoms with Crippen LogP contribution in [-0.2, 0) is 0 Å². The number of pyridine rings is 1. The highest BCUT2D eigenvalue weighted by molar-refractivity contribution is 5.45. The van der Waals surface area contributed by atoms with E-state index in [-0.39, 0.29) is 12.6 Å². The van der Waals surface area contributed by atoms with E-state index >= 15 is 0 Å². The Labute approximate surface area is 90.3 Å². The molecular weight excluding hydrogens is 192 g/mol. The lowest BCUT2D eigenvalue weighted by atomic mass is 10.1. The van der Waals surface area contributed by atoms with Crippen LogP contribution in [0.1, 0.15) is 13.8 Å². The van der Waals surface area contributed by atoms with Crippen molar-refractivity contribution < 1.29 is 9.84 Å². The van der Waals surface area contributed by atoms with E-state index in [1.807, 2.05) is 12.1 Å². The van der Waals surface area contributed by atoms with Gasteiger partial charge in [-0.15, -0.1) is 0 Å². The molecule has 0 bridgehead atoms. The van der Waals surface area contributed by atoms with Crippen LogP contribution in [0.2, 0.25) is 0 Å². The van der Waals surface area contributed by atoms with Gasteiger partial charge in [-0.1, -0.05) is 13.8 Å². The second-order valence-electron chi connectivity index (χ2n) is 3.76. The van der Waals surface area contributed by atoms with E-state index in [4.69, 9.17) is 4.74 Å². The highest BCUT2D eigenvalue weighted by Crippen LogP contribution is 2.16. The monoisotopic (exact) mass is 210 g/mol. The van der Waals surface area contributed by atoms with Crippen molar-refractivity contribution >= 4 is 5.69 Å². The van der Waals surface area contributed by atoms with Gasteiger partial charge in [-0.25, -0.2) is 4.98 Å². The Bertz CT molecular complexity index is 302. The number of aromatic nitrogens is 1. The summed E-state index contributed by atoms with van der Waals surface area (Å²) in [4.78, 5) is 4.01. The van der Waals surface area contributed by atoms with Crippen molar-refractivity contribution in [1.82, 2.24) is 4.98 Å². The largest absolute Gasteiger partial charge is 0.481 e. The van der Waals surface area contributed by atoms with Gasteiger partial charge in [-0.3, -0.25) is 0 Å². The lowest BCUT2D eigenvalue weighted by molar-refractivity contribution is 0.249. The van der Waals surface area contributed by atoms with Crippen molar-refractivity contribution in [3.63, 3.8) is 0 Å². The molecule has 0 aliphatic rings. The number of anilines is 1. The lowest BCUT2D eigenvalue weighted by Crippen LogP contribution is -2.29. The number of ether oxygens (including phenoxy) is 1. The first-order valence-corrected chi connectivity index (χ1v) is 5.04. The van der Waals surface area contributed by atoms with E-state index in [1.54, 1.807) is 13.3 Å². The van der Waals surface area contributed by atoms with Crippen LogP contribution in [0.3, 0.4) is 0 Å². The number of rotatable bonds is 5. The maximum Gasteiger partial charge on any atom is 0.214 e. The van der Waals surface area contributed by atoms with E-state index in [2.05, 4.69) is 24.1 Å². The third kappa shape index (κ3) is 3.40. The first-order valence-electron chi connectivity index (χ1n) is 5.04. The summed E-state index contributed by atoms with van der Waals surface area (Å²) < 4.78 is 5.02. The highest BCUT2D eigenvalue weighted by atomic mass is 16.5. The second kappa shape index (κ2) is 5.56. The maximum atomic E-state index is 9.17. The number of hydrogen-bond donors (Lipinski definition) is 2. The Morgan fingerprint density at radius 2 is 2.27 bits per heavy atom. The summed E-state index contributed by atoms with van der Waals surface area (Å²) in [6.45, 7) is 4.24. The third-order valence-corrected chi connectivity index (χ3v) is 2.30.